The number of aryl methyl sites for hydroxylation is 4. The molecule has 0 radical (unpaired) electrons. The molecule has 9 nitrogen and oxygen atoms in total. The molecule has 0 aliphatic carbocycles. The highest BCUT2D eigenvalue weighted by Gasteiger charge is 2.29. The zero-order valence-electron chi connectivity index (χ0n) is 22.2. The third-order valence-electron chi connectivity index (χ3n) is 6.35. The Bertz CT molecular complexity index is 1310. The van der Waals surface area contributed by atoms with E-state index in [4.69, 9.17) is 4.74 Å². The van der Waals surface area contributed by atoms with Crippen LogP contribution in [0.1, 0.15) is 55.3 Å². The normalized spacial score (nSPS) is 11.4. The number of aromatic nitrogens is 3. The molecule has 2 aromatic carbocycles. The van der Waals surface area contributed by atoms with Gasteiger partial charge in [0.15, 0.2) is 5.60 Å². The molecule has 2 N–H and O–H groups in total. The van der Waals surface area contributed by atoms with E-state index in [9.17, 15) is 19.5 Å². The lowest BCUT2D eigenvalue weighted by atomic mass is 10.1. The van der Waals surface area contributed by atoms with Gasteiger partial charge >= 0.3 is 11.7 Å². The van der Waals surface area contributed by atoms with Crippen molar-refractivity contribution in [2.24, 2.45) is 0 Å². The van der Waals surface area contributed by atoms with Gasteiger partial charge in [-0.15, -0.1) is 0 Å². The average Bonchev–Trinajstić information content (AvgIpc) is 3.14. The van der Waals surface area contributed by atoms with Crippen molar-refractivity contribution in [1.29, 1.82) is 0 Å². The molecule has 0 saturated heterocycles. The minimum absolute atomic E-state index is 0.127. The molecular formula is C28H36N4O5. The van der Waals surface area contributed by atoms with Crippen LogP contribution < -0.4 is 15.7 Å². The highest BCUT2D eigenvalue weighted by Crippen LogP contribution is 2.20. The van der Waals surface area contributed by atoms with Crippen molar-refractivity contribution < 1.29 is 19.4 Å². The number of rotatable bonds is 12. The Hall–Kier alpha value is -3.88. The smallest absolute Gasteiger partial charge is 0.347 e. The third-order valence-corrected chi connectivity index (χ3v) is 6.35. The summed E-state index contributed by atoms with van der Waals surface area (Å²) in [4.78, 5) is 36.5. The summed E-state index contributed by atoms with van der Waals surface area (Å²) in [5, 5.41) is 16.5. The number of aliphatic carboxylic acids is 1. The van der Waals surface area contributed by atoms with Gasteiger partial charge < -0.3 is 15.2 Å². The van der Waals surface area contributed by atoms with E-state index < -0.39 is 11.6 Å². The topological polar surface area (TPSA) is 115 Å². The Labute approximate surface area is 217 Å². The minimum atomic E-state index is -1.30. The second-order valence-corrected chi connectivity index (χ2v) is 9.71. The number of amides is 1. The van der Waals surface area contributed by atoms with Gasteiger partial charge in [-0.05, 0) is 81.8 Å². The molecule has 3 rings (SSSR count). The number of ether oxygens (including phenoxy) is 1. The summed E-state index contributed by atoms with van der Waals surface area (Å²) in [7, 11) is 0. The van der Waals surface area contributed by atoms with Gasteiger partial charge in [-0.3, -0.25) is 9.36 Å². The number of carboxylic acid groups (broad SMARTS) is 1. The van der Waals surface area contributed by atoms with E-state index in [0.717, 1.165) is 24.0 Å². The van der Waals surface area contributed by atoms with E-state index in [0.29, 0.717) is 31.1 Å². The first-order valence-electron chi connectivity index (χ1n) is 12.5. The molecule has 9 heteroatoms. The van der Waals surface area contributed by atoms with Gasteiger partial charge in [0.1, 0.15) is 18.1 Å². The zero-order valence-corrected chi connectivity index (χ0v) is 22.2. The quantitative estimate of drug-likeness (QED) is 0.387. The first-order valence-corrected chi connectivity index (χ1v) is 12.5. The van der Waals surface area contributed by atoms with Crippen molar-refractivity contribution in [1.82, 2.24) is 19.7 Å². The van der Waals surface area contributed by atoms with Crippen molar-refractivity contribution in [3.63, 3.8) is 0 Å². The van der Waals surface area contributed by atoms with Crippen LogP contribution in [0.15, 0.2) is 47.3 Å². The fraction of sp³-hybridized carbons (Fsp3) is 0.429. The Balaban J connectivity index is 1.55. The standard InChI is InChI=1S/C28H36N4O5/c1-6-31-24(9-7-8-21-12-14-23(15-13-21)37-28(4,5)26(34)35)30-32(27(31)36)18-25(33)29-17-22-11-10-19(2)20(3)16-22/h10-16H,6-9,17-18H2,1-5H3,(H,29,33)(H,34,35). The summed E-state index contributed by atoms with van der Waals surface area (Å²) >= 11 is 0. The monoisotopic (exact) mass is 508 g/mol. The zero-order chi connectivity index (χ0) is 27.2. The molecule has 0 saturated carbocycles. The maximum absolute atomic E-state index is 12.8. The molecule has 1 heterocycles. The van der Waals surface area contributed by atoms with Crippen LogP contribution in [-0.2, 0) is 42.1 Å². The van der Waals surface area contributed by atoms with E-state index in [2.05, 4.69) is 10.4 Å². The highest BCUT2D eigenvalue weighted by atomic mass is 16.5. The Morgan fingerprint density at radius 1 is 1.03 bits per heavy atom. The number of benzene rings is 2. The van der Waals surface area contributed by atoms with Crippen LogP contribution in [0, 0.1) is 13.8 Å². The van der Waals surface area contributed by atoms with E-state index >= 15 is 0 Å². The van der Waals surface area contributed by atoms with E-state index in [1.807, 2.05) is 51.1 Å². The minimum Gasteiger partial charge on any atom is -0.478 e. The predicted molar refractivity (Wildman–Crippen MR) is 141 cm³/mol. The molecule has 198 valence electrons. The Morgan fingerprint density at radius 2 is 1.70 bits per heavy atom. The van der Waals surface area contributed by atoms with Crippen LogP contribution in [0.3, 0.4) is 0 Å². The molecule has 0 aliphatic heterocycles. The molecule has 0 atom stereocenters. The summed E-state index contributed by atoms with van der Waals surface area (Å²) in [5.41, 5.74) is 2.85. The lowest BCUT2D eigenvalue weighted by molar-refractivity contribution is -0.152. The molecule has 1 amide bonds. The number of nitrogens with zero attached hydrogens (tertiary/aromatic N) is 3. The lowest BCUT2D eigenvalue weighted by Crippen LogP contribution is -2.37. The summed E-state index contributed by atoms with van der Waals surface area (Å²) in [6.45, 7) is 9.71. The van der Waals surface area contributed by atoms with Gasteiger partial charge in [0.2, 0.25) is 5.91 Å². The number of carbonyl (C=O) groups is 2. The predicted octanol–water partition coefficient (Wildman–Crippen LogP) is 3.42. The number of carbonyl (C=O) groups excluding carboxylic acids is 1. The number of hydrogen-bond acceptors (Lipinski definition) is 5. The molecule has 1 aromatic heterocycles. The van der Waals surface area contributed by atoms with Gasteiger partial charge in [-0.25, -0.2) is 14.3 Å². The molecule has 0 unspecified atom stereocenters. The molecule has 0 spiro atoms. The summed E-state index contributed by atoms with van der Waals surface area (Å²) in [6.07, 6.45) is 2.10. The van der Waals surface area contributed by atoms with Gasteiger partial charge in [0.05, 0.1) is 0 Å². The van der Waals surface area contributed by atoms with Crippen molar-refractivity contribution >= 4 is 11.9 Å². The van der Waals surface area contributed by atoms with E-state index in [1.165, 1.54) is 29.7 Å². The van der Waals surface area contributed by atoms with Crippen molar-refractivity contribution in [2.75, 3.05) is 0 Å². The van der Waals surface area contributed by atoms with Crippen LogP contribution in [0.4, 0.5) is 0 Å². The third kappa shape index (κ3) is 7.31. The average molecular weight is 509 g/mol. The van der Waals surface area contributed by atoms with Crippen molar-refractivity contribution in [3.8, 4) is 5.75 Å². The second kappa shape index (κ2) is 11.9. The number of nitrogens with one attached hydrogen (secondary N) is 1. The van der Waals surface area contributed by atoms with Crippen LogP contribution in [-0.4, -0.2) is 36.9 Å². The number of hydrogen-bond donors (Lipinski definition) is 2. The fourth-order valence-corrected chi connectivity index (χ4v) is 3.91. The van der Waals surface area contributed by atoms with Crippen LogP contribution in [0.2, 0.25) is 0 Å². The molecular weight excluding hydrogens is 472 g/mol. The maximum Gasteiger partial charge on any atom is 0.347 e. The van der Waals surface area contributed by atoms with Gasteiger partial charge in [-0.1, -0.05) is 30.3 Å². The second-order valence-electron chi connectivity index (χ2n) is 9.71. The first kappa shape index (κ1) is 27.7. The first-order chi connectivity index (χ1) is 17.5. The molecule has 37 heavy (non-hydrogen) atoms. The molecule has 0 aliphatic rings. The largest absolute Gasteiger partial charge is 0.478 e. The lowest BCUT2D eigenvalue weighted by Gasteiger charge is -2.21. The van der Waals surface area contributed by atoms with E-state index in [-0.39, 0.29) is 18.1 Å². The van der Waals surface area contributed by atoms with Crippen LogP contribution in [0.5, 0.6) is 5.75 Å². The Morgan fingerprint density at radius 3 is 2.32 bits per heavy atom. The van der Waals surface area contributed by atoms with Crippen LogP contribution in [0.25, 0.3) is 0 Å². The van der Waals surface area contributed by atoms with Crippen LogP contribution >= 0.6 is 0 Å². The summed E-state index contributed by atoms with van der Waals surface area (Å²) in [5.74, 6) is -0.152. The fourth-order valence-electron chi connectivity index (χ4n) is 3.91. The van der Waals surface area contributed by atoms with Gasteiger partial charge in [0, 0.05) is 19.5 Å². The molecule has 0 bridgehead atoms. The highest BCUT2D eigenvalue weighted by molar-refractivity contribution is 5.76. The summed E-state index contributed by atoms with van der Waals surface area (Å²) in [6, 6.07) is 13.4. The SMILES string of the molecule is CCn1c(CCCc2ccc(OC(C)(C)C(=O)O)cc2)nn(CC(=O)NCc2ccc(C)c(C)c2)c1=O. The number of carboxylic acids is 1. The molecule has 0 fully saturated rings. The molecule has 3 aromatic rings. The maximum atomic E-state index is 12.8. The van der Waals surface area contributed by atoms with Gasteiger partial charge in [-0.2, -0.15) is 5.10 Å². The van der Waals surface area contributed by atoms with Crippen molar-refractivity contribution in [3.05, 3.63) is 81.0 Å². The van der Waals surface area contributed by atoms with Gasteiger partial charge in [0.25, 0.3) is 0 Å². The van der Waals surface area contributed by atoms with E-state index in [1.54, 1.807) is 16.7 Å². The van der Waals surface area contributed by atoms with Crippen molar-refractivity contribution in [2.45, 2.75) is 79.1 Å². The Kier molecular flexibility index (Phi) is 8.91. The summed E-state index contributed by atoms with van der Waals surface area (Å²) < 4.78 is 8.36.